The Kier molecular flexibility index (Phi) is 4.58. The highest BCUT2D eigenvalue weighted by Crippen LogP contribution is 2.15. The van der Waals surface area contributed by atoms with E-state index in [0.29, 0.717) is 6.54 Å². The molecule has 0 amide bonds. The van der Waals surface area contributed by atoms with Crippen molar-refractivity contribution in [1.29, 1.82) is 0 Å². The van der Waals surface area contributed by atoms with E-state index in [0.717, 1.165) is 19.5 Å². The van der Waals surface area contributed by atoms with E-state index in [-0.39, 0.29) is 0 Å². The maximum absolute atomic E-state index is 5.62. The third-order valence-corrected chi connectivity index (χ3v) is 3.48. The Labute approximate surface area is 114 Å². The predicted molar refractivity (Wildman–Crippen MR) is 79.1 cm³/mol. The minimum Gasteiger partial charge on any atom is -0.371 e. The first-order valence-corrected chi connectivity index (χ1v) is 6.75. The lowest BCUT2D eigenvalue weighted by atomic mass is 10.2. The molecule has 0 aliphatic rings. The van der Waals surface area contributed by atoms with E-state index in [4.69, 9.17) is 5.73 Å². The topological polar surface area (TPSA) is 47.1 Å². The van der Waals surface area contributed by atoms with E-state index in [2.05, 4.69) is 47.3 Å². The summed E-state index contributed by atoms with van der Waals surface area (Å²) in [7, 11) is 1.99. The molecule has 102 valence electrons. The Morgan fingerprint density at radius 3 is 2.47 bits per heavy atom. The van der Waals surface area contributed by atoms with Gasteiger partial charge in [-0.1, -0.05) is 12.1 Å². The molecule has 0 radical (unpaired) electrons. The molecule has 0 atom stereocenters. The van der Waals surface area contributed by atoms with Crippen molar-refractivity contribution in [2.24, 2.45) is 12.8 Å². The molecule has 1 aromatic carbocycles. The number of aromatic nitrogens is 2. The largest absolute Gasteiger partial charge is 0.371 e. The second kappa shape index (κ2) is 6.38. The lowest BCUT2D eigenvalue weighted by Gasteiger charge is -2.23. The van der Waals surface area contributed by atoms with Gasteiger partial charge in [0.25, 0.3) is 0 Å². The average molecular weight is 258 g/mol. The van der Waals surface area contributed by atoms with Crippen LogP contribution in [-0.4, -0.2) is 22.9 Å². The zero-order valence-electron chi connectivity index (χ0n) is 11.7. The summed E-state index contributed by atoms with van der Waals surface area (Å²) in [5.41, 5.74) is 9.31. The summed E-state index contributed by atoms with van der Waals surface area (Å²) in [5, 5.41) is 4.20. The molecule has 0 aliphatic carbocycles. The lowest BCUT2D eigenvalue weighted by molar-refractivity contribution is 0.690. The smallest absolute Gasteiger partial charge is 0.0492 e. The van der Waals surface area contributed by atoms with Crippen LogP contribution in [-0.2, 0) is 20.0 Å². The highest BCUT2D eigenvalue weighted by Gasteiger charge is 2.06. The SMILES string of the molecule is CCN(CCc1ccnn1C)c1ccc(CN)cc1. The molecule has 1 aromatic heterocycles. The molecule has 0 saturated heterocycles. The number of nitrogens with zero attached hydrogens (tertiary/aromatic N) is 3. The van der Waals surface area contributed by atoms with Crippen LogP contribution in [0.1, 0.15) is 18.2 Å². The van der Waals surface area contributed by atoms with E-state index < -0.39 is 0 Å². The van der Waals surface area contributed by atoms with Crippen molar-refractivity contribution in [3.63, 3.8) is 0 Å². The summed E-state index contributed by atoms with van der Waals surface area (Å²) >= 11 is 0. The minimum atomic E-state index is 0.599. The van der Waals surface area contributed by atoms with Gasteiger partial charge < -0.3 is 10.6 Å². The third kappa shape index (κ3) is 3.35. The number of aryl methyl sites for hydroxylation is 1. The van der Waals surface area contributed by atoms with Crippen LogP contribution in [0.3, 0.4) is 0 Å². The Morgan fingerprint density at radius 1 is 1.21 bits per heavy atom. The molecule has 2 aromatic rings. The van der Waals surface area contributed by atoms with E-state index >= 15 is 0 Å². The Balaban J connectivity index is 2.01. The molecule has 2 rings (SSSR count). The van der Waals surface area contributed by atoms with Gasteiger partial charge in [-0.3, -0.25) is 4.68 Å². The van der Waals surface area contributed by atoms with E-state index in [1.54, 1.807) is 0 Å². The summed E-state index contributed by atoms with van der Waals surface area (Å²) in [6.07, 6.45) is 2.85. The fraction of sp³-hybridized carbons (Fsp3) is 0.400. The molecule has 2 N–H and O–H groups in total. The second-order valence-corrected chi connectivity index (χ2v) is 4.65. The monoisotopic (exact) mass is 258 g/mol. The number of anilines is 1. The van der Waals surface area contributed by atoms with Gasteiger partial charge in [-0.25, -0.2) is 0 Å². The average Bonchev–Trinajstić information content (AvgIpc) is 2.86. The summed E-state index contributed by atoms with van der Waals surface area (Å²) in [5.74, 6) is 0. The summed E-state index contributed by atoms with van der Waals surface area (Å²) in [4.78, 5) is 2.37. The van der Waals surface area contributed by atoms with Gasteiger partial charge in [0, 0.05) is 50.7 Å². The normalized spacial score (nSPS) is 10.7. The Morgan fingerprint density at radius 2 is 1.95 bits per heavy atom. The van der Waals surface area contributed by atoms with Crippen LogP contribution in [0.4, 0.5) is 5.69 Å². The summed E-state index contributed by atoms with van der Waals surface area (Å²) < 4.78 is 1.94. The second-order valence-electron chi connectivity index (χ2n) is 4.65. The van der Waals surface area contributed by atoms with Gasteiger partial charge in [-0.05, 0) is 30.7 Å². The number of likely N-dealkylation sites (N-methyl/N-ethyl adjacent to an activating group) is 1. The van der Waals surface area contributed by atoms with Gasteiger partial charge >= 0.3 is 0 Å². The number of nitrogens with two attached hydrogens (primary N) is 1. The van der Waals surface area contributed by atoms with Crippen LogP contribution >= 0.6 is 0 Å². The van der Waals surface area contributed by atoms with Gasteiger partial charge in [0.1, 0.15) is 0 Å². The number of hydrogen-bond acceptors (Lipinski definition) is 3. The standard InChI is InChI=1S/C15H22N4/c1-3-19(11-9-14-8-10-17-18(14)2)15-6-4-13(12-16)5-7-15/h4-8,10H,3,9,11-12,16H2,1-2H3. The maximum atomic E-state index is 5.62. The Hall–Kier alpha value is -1.81. The highest BCUT2D eigenvalue weighted by atomic mass is 15.3. The van der Waals surface area contributed by atoms with Crippen molar-refractivity contribution >= 4 is 5.69 Å². The van der Waals surface area contributed by atoms with Crippen molar-refractivity contribution in [1.82, 2.24) is 9.78 Å². The molecule has 4 heteroatoms. The first-order chi connectivity index (χ1) is 9.24. The number of benzene rings is 1. The highest BCUT2D eigenvalue weighted by molar-refractivity contribution is 5.47. The molecular formula is C15H22N4. The van der Waals surface area contributed by atoms with Gasteiger partial charge in [0.15, 0.2) is 0 Å². The van der Waals surface area contributed by atoms with Gasteiger partial charge in [-0.15, -0.1) is 0 Å². The fourth-order valence-electron chi connectivity index (χ4n) is 2.21. The molecule has 0 saturated carbocycles. The Bertz CT molecular complexity index is 501. The van der Waals surface area contributed by atoms with Gasteiger partial charge in [0.2, 0.25) is 0 Å². The van der Waals surface area contributed by atoms with Gasteiger partial charge in [-0.2, -0.15) is 5.10 Å². The zero-order valence-corrected chi connectivity index (χ0v) is 11.7. The predicted octanol–water partition coefficient (Wildman–Crippen LogP) is 1.95. The molecule has 1 heterocycles. The zero-order chi connectivity index (χ0) is 13.7. The van der Waals surface area contributed by atoms with Crippen LogP contribution in [0, 0.1) is 0 Å². The number of hydrogen-bond donors (Lipinski definition) is 1. The fourth-order valence-corrected chi connectivity index (χ4v) is 2.21. The molecule has 0 aliphatic heterocycles. The van der Waals surface area contributed by atoms with E-state index in [9.17, 15) is 0 Å². The molecule has 0 spiro atoms. The van der Waals surface area contributed by atoms with Crippen molar-refractivity contribution in [2.45, 2.75) is 19.9 Å². The van der Waals surface area contributed by atoms with Crippen molar-refractivity contribution in [3.8, 4) is 0 Å². The molecule has 0 fully saturated rings. The van der Waals surface area contributed by atoms with Crippen LogP contribution in [0.5, 0.6) is 0 Å². The van der Waals surface area contributed by atoms with E-state index in [1.807, 2.05) is 17.9 Å². The molecule has 0 unspecified atom stereocenters. The number of rotatable bonds is 6. The van der Waals surface area contributed by atoms with Crippen LogP contribution < -0.4 is 10.6 Å². The minimum absolute atomic E-state index is 0.599. The van der Waals surface area contributed by atoms with E-state index in [1.165, 1.54) is 16.9 Å². The van der Waals surface area contributed by atoms with Crippen molar-refractivity contribution in [3.05, 3.63) is 47.8 Å². The molecular weight excluding hydrogens is 236 g/mol. The third-order valence-electron chi connectivity index (χ3n) is 3.48. The summed E-state index contributed by atoms with van der Waals surface area (Å²) in [6.45, 7) is 4.78. The molecule has 4 nitrogen and oxygen atoms in total. The first-order valence-electron chi connectivity index (χ1n) is 6.75. The van der Waals surface area contributed by atoms with Crippen LogP contribution in [0.15, 0.2) is 36.5 Å². The lowest BCUT2D eigenvalue weighted by Crippen LogP contribution is -2.25. The molecule has 19 heavy (non-hydrogen) atoms. The maximum Gasteiger partial charge on any atom is 0.0492 e. The van der Waals surface area contributed by atoms with Crippen LogP contribution in [0.25, 0.3) is 0 Å². The van der Waals surface area contributed by atoms with Gasteiger partial charge in [0.05, 0.1) is 0 Å². The quantitative estimate of drug-likeness (QED) is 0.861. The molecule has 0 bridgehead atoms. The van der Waals surface area contributed by atoms with Crippen LogP contribution in [0.2, 0.25) is 0 Å². The van der Waals surface area contributed by atoms with Crippen molar-refractivity contribution < 1.29 is 0 Å². The van der Waals surface area contributed by atoms with Crippen molar-refractivity contribution in [2.75, 3.05) is 18.0 Å². The summed E-state index contributed by atoms with van der Waals surface area (Å²) in [6, 6.07) is 10.6. The first kappa shape index (κ1) is 13.6.